The van der Waals surface area contributed by atoms with Crippen molar-refractivity contribution in [2.24, 2.45) is 11.7 Å². The second-order valence-electron chi connectivity index (χ2n) is 3.45. The van der Waals surface area contributed by atoms with Gasteiger partial charge in [-0.25, -0.2) is 4.79 Å². The summed E-state index contributed by atoms with van der Waals surface area (Å²) in [6.07, 6.45) is 0. The Morgan fingerprint density at radius 2 is 2.09 bits per heavy atom. The van der Waals surface area contributed by atoms with Gasteiger partial charge in [-0.2, -0.15) is 0 Å². The Bertz CT molecular complexity index is 173. The summed E-state index contributed by atoms with van der Waals surface area (Å²) in [6.45, 7) is 4.61. The number of hydrogen-bond donors (Lipinski definition) is 2. The van der Waals surface area contributed by atoms with E-state index in [1.807, 2.05) is 13.8 Å². The minimum Gasteiger partial charge on any atom is -0.386 e. The fourth-order valence-corrected chi connectivity index (χ4v) is 1.14. The highest BCUT2D eigenvalue weighted by Gasteiger charge is 2.45. The average molecular weight is 158 g/mol. The second-order valence-corrected chi connectivity index (χ2v) is 3.45. The lowest BCUT2D eigenvalue weighted by atomic mass is 9.83. The van der Waals surface area contributed by atoms with Gasteiger partial charge in [-0.15, -0.1) is 0 Å². The number of aliphatic hydroxyl groups is 1. The number of β-amino-alcohol motifs (C(OH)–C–C–N with tert-alkyl or cyclic N) is 1. The fourth-order valence-electron chi connectivity index (χ4n) is 1.14. The van der Waals surface area contributed by atoms with Crippen molar-refractivity contribution in [1.29, 1.82) is 0 Å². The first kappa shape index (κ1) is 8.33. The van der Waals surface area contributed by atoms with E-state index in [-0.39, 0.29) is 5.92 Å². The van der Waals surface area contributed by atoms with E-state index in [2.05, 4.69) is 0 Å². The monoisotopic (exact) mass is 158 g/mol. The minimum atomic E-state index is -0.699. The number of carbonyl (C=O) groups is 1. The van der Waals surface area contributed by atoms with E-state index in [0.717, 1.165) is 0 Å². The molecular weight excluding hydrogens is 144 g/mol. The Hall–Kier alpha value is -0.770. The van der Waals surface area contributed by atoms with E-state index in [0.29, 0.717) is 13.1 Å². The topological polar surface area (TPSA) is 66.6 Å². The summed E-state index contributed by atoms with van der Waals surface area (Å²) in [5.74, 6) is 0.179. The van der Waals surface area contributed by atoms with Crippen LogP contribution in [0.1, 0.15) is 13.8 Å². The van der Waals surface area contributed by atoms with Gasteiger partial charge in [0.2, 0.25) is 0 Å². The second kappa shape index (κ2) is 2.37. The summed E-state index contributed by atoms with van der Waals surface area (Å²) >= 11 is 0. The molecule has 0 aromatic rings. The third-order valence-corrected chi connectivity index (χ3v) is 2.32. The quantitative estimate of drug-likeness (QED) is 0.553. The van der Waals surface area contributed by atoms with Gasteiger partial charge in [-0.05, 0) is 5.92 Å². The van der Waals surface area contributed by atoms with Gasteiger partial charge in [0.25, 0.3) is 0 Å². The first-order chi connectivity index (χ1) is 4.96. The van der Waals surface area contributed by atoms with E-state index in [9.17, 15) is 9.90 Å². The Kier molecular flexibility index (Phi) is 1.80. The molecule has 4 heteroatoms. The highest BCUT2D eigenvalue weighted by atomic mass is 16.3. The molecular formula is C7H14N2O2. The van der Waals surface area contributed by atoms with E-state index >= 15 is 0 Å². The number of amides is 2. The van der Waals surface area contributed by atoms with Crippen LogP contribution in [0.15, 0.2) is 0 Å². The largest absolute Gasteiger partial charge is 0.386 e. The van der Waals surface area contributed by atoms with Crippen LogP contribution in [0.25, 0.3) is 0 Å². The van der Waals surface area contributed by atoms with Gasteiger partial charge in [0, 0.05) is 0 Å². The minimum absolute atomic E-state index is 0.179. The van der Waals surface area contributed by atoms with Crippen LogP contribution < -0.4 is 5.73 Å². The number of hydrogen-bond acceptors (Lipinski definition) is 2. The predicted molar refractivity (Wildman–Crippen MR) is 40.9 cm³/mol. The Labute approximate surface area is 66.0 Å². The molecule has 64 valence electrons. The standard InChI is InChI=1S/C7H14N2O2/c1-5(2)7(11)3-9(4-7)6(8)10/h5,11H,3-4H2,1-2H3,(H2,8,10). The highest BCUT2D eigenvalue weighted by Crippen LogP contribution is 2.27. The van der Waals surface area contributed by atoms with Crippen LogP contribution in [0.5, 0.6) is 0 Å². The molecule has 1 saturated heterocycles. The van der Waals surface area contributed by atoms with Crippen molar-refractivity contribution in [2.75, 3.05) is 13.1 Å². The van der Waals surface area contributed by atoms with Crippen LogP contribution >= 0.6 is 0 Å². The van der Waals surface area contributed by atoms with Crippen molar-refractivity contribution in [3.05, 3.63) is 0 Å². The van der Waals surface area contributed by atoms with Gasteiger partial charge in [-0.1, -0.05) is 13.8 Å². The molecule has 0 aromatic heterocycles. The number of nitrogens with two attached hydrogens (primary N) is 1. The lowest BCUT2D eigenvalue weighted by molar-refractivity contribution is -0.106. The maximum absolute atomic E-state index is 10.5. The van der Waals surface area contributed by atoms with E-state index in [1.165, 1.54) is 4.90 Å². The van der Waals surface area contributed by atoms with Gasteiger partial charge < -0.3 is 15.7 Å². The molecule has 1 aliphatic heterocycles. The van der Waals surface area contributed by atoms with Gasteiger partial charge in [0.05, 0.1) is 13.1 Å². The van der Waals surface area contributed by atoms with Crippen molar-refractivity contribution >= 4 is 6.03 Å². The van der Waals surface area contributed by atoms with Crippen molar-refractivity contribution in [3.8, 4) is 0 Å². The third-order valence-electron chi connectivity index (χ3n) is 2.32. The normalized spacial score (nSPS) is 21.6. The number of carbonyl (C=O) groups excluding carboxylic acids is 1. The number of nitrogens with zero attached hydrogens (tertiary/aromatic N) is 1. The Morgan fingerprint density at radius 1 is 1.64 bits per heavy atom. The van der Waals surface area contributed by atoms with Crippen LogP contribution in [-0.2, 0) is 0 Å². The number of urea groups is 1. The Morgan fingerprint density at radius 3 is 2.36 bits per heavy atom. The summed E-state index contributed by atoms with van der Waals surface area (Å²) in [4.78, 5) is 12.0. The third kappa shape index (κ3) is 1.30. The molecule has 3 N–H and O–H groups in total. The maximum Gasteiger partial charge on any atom is 0.314 e. The van der Waals surface area contributed by atoms with Gasteiger partial charge in [0.1, 0.15) is 5.60 Å². The molecule has 1 rings (SSSR count). The van der Waals surface area contributed by atoms with Crippen LogP contribution in [0.3, 0.4) is 0 Å². The maximum atomic E-state index is 10.5. The summed E-state index contributed by atoms with van der Waals surface area (Å²) in [5, 5.41) is 9.66. The molecule has 4 nitrogen and oxygen atoms in total. The van der Waals surface area contributed by atoms with Gasteiger partial charge >= 0.3 is 6.03 Å². The number of rotatable bonds is 1. The van der Waals surface area contributed by atoms with Gasteiger partial charge in [0.15, 0.2) is 0 Å². The molecule has 0 saturated carbocycles. The molecule has 2 amide bonds. The lowest BCUT2D eigenvalue weighted by Crippen LogP contribution is -2.67. The highest BCUT2D eigenvalue weighted by molar-refractivity contribution is 5.73. The van der Waals surface area contributed by atoms with Crippen LogP contribution in [0.2, 0.25) is 0 Å². The lowest BCUT2D eigenvalue weighted by Gasteiger charge is -2.48. The smallest absolute Gasteiger partial charge is 0.314 e. The molecule has 1 aliphatic rings. The van der Waals surface area contributed by atoms with E-state index in [4.69, 9.17) is 5.73 Å². The zero-order chi connectivity index (χ0) is 8.65. The summed E-state index contributed by atoms with van der Waals surface area (Å²) in [6, 6.07) is -0.449. The Balaban J connectivity index is 2.44. The molecule has 11 heavy (non-hydrogen) atoms. The summed E-state index contributed by atoms with van der Waals surface area (Å²) in [5.41, 5.74) is 4.30. The van der Waals surface area contributed by atoms with Crippen molar-refractivity contribution in [3.63, 3.8) is 0 Å². The SMILES string of the molecule is CC(C)C1(O)CN(C(N)=O)C1. The first-order valence-electron chi connectivity index (χ1n) is 3.72. The summed E-state index contributed by atoms with van der Waals surface area (Å²) < 4.78 is 0. The molecule has 1 heterocycles. The fraction of sp³-hybridized carbons (Fsp3) is 0.857. The molecule has 0 radical (unpaired) electrons. The molecule has 0 unspecified atom stereocenters. The van der Waals surface area contributed by atoms with E-state index < -0.39 is 11.6 Å². The van der Waals surface area contributed by atoms with E-state index in [1.54, 1.807) is 0 Å². The van der Waals surface area contributed by atoms with Crippen molar-refractivity contribution in [1.82, 2.24) is 4.90 Å². The van der Waals surface area contributed by atoms with Crippen LogP contribution in [-0.4, -0.2) is 34.7 Å². The van der Waals surface area contributed by atoms with Gasteiger partial charge in [-0.3, -0.25) is 0 Å². The predicted octanol–water partition coefficient (Wildman–Crippen LogP) is -0.232. The van der Waals surface area contributed by atoms with Crippen LogP contribution in [0, 0.1) is 5.92 Å². The molecule has 0 atom stereocenters. The van der Waals surface area contributed by atoms with Crippen molar-refractivity contribution < 1.29 is 9.90 Å². The average Bonchev–Trinajstić information content (AvgIpc) is 1.79. The number of primary amides is 1. The molecule has 0 aliphatic carbocycles. The summed E-state index contributed by atoms with van der Waals surface area (Å²) in [7, 11) is 0. The zero-order valence-electron chi connectivity index (χ0n) is 6.87. The molecule has 0 aromatic carbocycles. The molecule has 0 bridgehead atoms. The molecule has 1 fully saturated rings. The van der Waals surface area contributed by atoms with Crippen LogP contribution in [0.4, 0.5) is 4.79 Å². The molecule has 0 spiro atoms. The first-order valence-corrected chi connectivity index (χ1v) is 3.72. The number of likely N-dealkylation sites (tertiary alicyclic amines) is 1. The van der Waals surface area contributed by atoms with Crippen molar-refractivity contribution in [2.45, 2.75) is 19.4 Å². The zero-order valence-corrected chi connectivity index (χ0v) is 6.87.